The van der Waals surface area contributed by atoms with Gasteiger partial charge in [0.15, 0.2) is 0 Å². The fourth-order valence-electron chi connectivity index (χ4n) is 0. The highest BCUT2D eigenvalue weighted by molar-refractivity contribution is 5.63. The Morgan fingerprint density at radius 2 is 0.783 bits per heavy atom. The molecule has 0 amide bonds. The van der Waals surface area contributed by atoms with Crippen LogP contribution in [0.4, 0.5) is 0 Å². The zero-order chi connectivity index (χ0) is 20.4. The maximum Gasteiger partial charge on any atom is 0.300 e. The number of rotatable bonds is 1. The lowest BCUT2D eigenvalue weighted by molar-refractivity contribution is -0.135. The SMILES string of the molecule is C=CO.CC(=O)O.CC(=O)O.CC(=O)O.CC(=O)O.NCCN. The smallest absolute Gasteiger partial charge is 0.300 e. The predicted molar refractivity (Wildman–Crippen MR) is 84.2 cm³/mol. The van der Waals surface area contributed by atoms with Gasteiger partial charge >= 0.3 is 0 Å². The van der Waals surface area contributed by atoms with Gasteiger partial charge in [0.1, 0.15) is 0 Å². The van der Waals surface area contributed by atoms with Gasteiger partial charge in [-0.05, 0) is 0 Å². The number of aliphatic hydroxyl groups excluding tert-OH is 1. The van der Waals surface area contributed by atoms with Gasteiger partial charge in [0, 0.05) is 40.8 Å². The van der Waals surface area contributed by atoms with E-state index in [0.717, 1.165) is 34.0 Å². The fourth-order valence-corrected chi connectivity index (χ4v) is 0. The maximum atomic E-state index is 9.00. The molecular formula is C12H28N2O9. The minimum absolute atomic E-state index is 0.597. The van der Waals surface area contributed by atoms with E-state index in [1.165, 1.54) is 0 Å². The van der Waals surface area contributed by atoms with E-state index in [-0.39, 0.29) is 0 Å². The summed E-state index contributed by atoms with van der Waals surface area (Å²) in [6, 6.07) is 0. The van der Waals surface area contributed by atoms with Gasteiger partial charge in [-0.3, -0.25) is 19.2 Å². The van der Waals surface area contributed by atoms with Gasteiger partial charge in [0.05, 0.1) is 6.26 Å². The van der Waals surface area contributed by atoms with Crippen LogP contribution < -0.4 is 11.5 Å². The molecule has 0 aliphatic heterocycles. The minimum Gasteiger partial charge on any atom is -0.516 e. The second kappa shape index (κ2) is 42.7. The van der Waals surface area contributed by atoms with Gasteiger partial charge in [0.2, 0.25) is 0 Å². The third-order valence-corrected chi connectivity index (χ3v) is 0.167. The normalized spacial score (nSPS) is 6.17. The molecule has 0 heterocycles. The Hall–Kier alpha value is -2.66. The molecule has 0 aromatic heterocycles. The molecule has 0 atom stereocenters. The highest BCUT2D eigenvalue weighted by Gasteiger charge is 1.66. The Morgan fingerprint density at radius 3 is 0.783 bits per heavy atom. The lowest BCUT2D eigenvalue weighted by atomic mass is 10.7. The van der Waals surface area contributed by atoms with Crippen molar-refractivity contribution in [2.45, 2.75) is 27.7 Å². The number of aliphatic carboxylic acids is 4. The number of hydrogen-bond acceptors (Lipinski definition) is 7. The Bertz CT molecular complexity index is 228. The van der Waals surface area contributed by atoms with Crippen LogP contribution in [-0.2, 0) is 19.2 Å². The molecule has 11 heteroatoms. The Labute approximate surface area is 134 Å². The molecule has 0 aliphatic rings. The van der Waals surface area contributed by atoms with Crippen molar-refractivity contribution in [2.24, 2.45) is 11.5 Å². The van der Waals surface area contributed by atoms with Crippen molar-refractivity contribution in [2.75, 3.05) is 13.1 Å². The number of nitrogens with two attached hydrogens (primary N) is 2. The summed E-state index contributed by atoms with van der Waals surface area (Å²) in [6.07, 6.45) is 0.750. The van der Waals surface area contributed by atoms with E-state index in [0.29, 0.717) is 13.1 Å². The molecule has 0 aromatic carbocycles. The molecule has 140 valence electrons. The van der Waals surface area contributed by atoms with Gasteiger partial charge < -0.3 is 37.0 Å². The topological polar surface area (TPSA) is 221 Å². The molecule has 0 unspecified atom stereocenters. The third kappa shape index (κ3) is 2110. The van der Waals surface area contributed by atoms with Crippen molar-refractivity contribution >= 4 is 23.9 Å². The van der Waals surface area contributed by atoms with Crippen LogP contribution in [0.5, 0.6) is 0 Å². The van der Waals surface area contributed by atoms with Gasteiger partial charge in [-0.25, -0.2) is 0 Å². The van der Waals surface area contributed by atoms with E-state index < -0.39 is 23.9 Å². The maximum absolute atomic E-state index is 9.00. The Kier molecular flexibility index (Phi) is 68.7. The molecule has 9 N–H and O–H groups in total. The van der Waals surface area contributed by atoms with E-state index >= 15 is 0 Å². The minimum atomic E-state index is -0.833. The zero-order valence-corrected chi connectivity index (χ0v) is 13.7. The lowest BCUT2D eigenvalue weighted by Crippen LogP contribution is -2.11. The van der Waals surface area contributed by atoms with Crippen LogP contribution in [0.2, 0.25) is 0 Å². The molecule has 0 saturated carbocycles. The van der Waals surface area contributed by atoms with E-state index in [4.69, 9.17) is 56.2 Å². The highest BCUT2D eigenvalue weighted by atomic mass is 16.4. The molecule has 0 saturated heterocycles. The summed E-state index contributed by atoms with van der Waals surface area (Å²) in [5.41, 5.74) is 9.81. The first-order valence-electron chi connectivity index (χ1n) is 5.69. The van der Waals surface area contributed by atoms with E-state index in [2.05, 4.69) is 6.58 Å². The molecule has 0 bridgehead atoms. The quantitative estimate of drug-likeness (QED) is 0.312. The molecule has 23 heavy (non-hydrogen) atoms. The van der Waals surface area contributed by atoms with Gasteiger partial charge in [-0.1, -0.05) is 6.58 Å². The van der Waals surface area contributed by atoms with Crippen LogP contribution in [0.25, 0.3) is 0 Å². The van der Waals surface area contributed by atoms with E-state index in [1.54, 1.807) is 0 Å². The van der Waals surface area contributed by atoms with Crippen LogP contribution in [0, 0.1) is 0 Å². The molecule has 11 nitrogen and oxygen atoms in total. The molecule has 0 rings (SSSR count). The fraction of sp³-hybridized carbons (Fsp3) is 0.500. The monoisotopic (exact) mass is 344 g/mol. The summed E-state index contributed by atoms with van der Waals surface area (Å²) in [6.45, 7) is 8.44. The molecular weight excluding hydrogens is 316 g/mol. The van der Waals surface area contributed by atoms with Crippen LogP contribution in [0.15, 0.2) is 12.8 Å². The van der Waals surface area contributed by atoms with Crippen LogP contribution in [0.3, 0.4) is 0 Å². The molecule has 0 aliphatic carbocycles. The average molecular weight is 344 g/mol. The summed E-state index contributed by atoms with van der Waals surface area (Å²) in [4.78, 5) is 36.0. The summed E-state index contributed by atoms with van der Waals surface area (Å²) < 4.78 is 0. The summed E-state index contributed by atoms with van der Waals surface area (Å²) in [5.74, 6) is -3.33. The second-order valence-electron chi connectivity index (χ2n) is 2.84. The number of carbonyl (C=O) groups is 4. The van der Waals surface area contributed by atoms with Crippen molar-refractivity contribution in [3.05, 3.63) is 12.8 Å². The Morgan fingerprint density at radius 1 is 0.739 bits per heavy atom. The first-order chi connectivity index (χ1) is 10.3. The number of hydrogen-bond donors (Lipinski definition) is 7. The second-order valence-corrected chi connectivity index (χ2v) is 2.84. The first-order valence-corrected chi connectivity index (χ1v) is 5.69. The standard InChI is InChI=1S/C2H8N2.4C2H4O2.C2H4O/c3-1-2-4;4*1-2(3)4;1-2-3/h1-4H2;4*1H3,(H,3,4);2-3H,1H2. The molecule has 0 radical (unpaired) electrons. The van der Waals surface area contributed by atoms with Crippen molar-refractivity contribution < 1.29 is 44.7 Å². The van der Waals surface area contributed by atoms with Crippen LogP contribution in [0.1, 0.15) is 27.7 Å². The summed E-state index contributed by atoms with van der Waals surface area (Å²) >= 11 is 0. The first kappa shape index (κ1) is 37.0. The van der Waals surface area contributed by atoms with Gasteiger partial charge in [-0.15, -0.1) is 0 Å². The molecule has 0 spiro atoms. The van der Waals surface area contributed by atoms with Crippen LogP contribution >= 0.6 is 0 Å². The molecule has 0 aromatic rings. The van der Waals surface area contributed by atoms with Crippen molar-refractivity contribution in [3.8, 4) is 0 Å². The van der Waals surface area contributed by atoms with Crippen molar-refractivity contribution in [1.82, 2.24) is 0 Å². The Balaban J connectivity index is -0.0000000378. The summed E-state index contributed by atoms with van der Waals surface area (Å²) in [7, 11) is 0. The zero-order valence-electron chi connectivity index (χ0n) is 13.7. The number of carboxylic acid groups (broad SMARTS) is 4. The van der Waals surface area contributed by atoms with E-state index in [9.17, 15) is 0 Å². The third-order valence-electron chi connectivity index (χ3n) is 0.167. The number of aliphatic hydroxyl groups is 1. The van der Waals surface area contributed by atoms with Gasteiger partial charge in [-0.2, -0.15) is 0 Å². The predicted octanol–water partition coefficient (Wildman–Crippen LogP) is -0.0447. The van der Waals surface area contributed by atoms with Crippen molar-refractivity contribution in [1.29, 1.82) is 0 Å². The number of carboxylic acids is 4. The lowest BCUT2D eigenvalue weighted by Gasteiger charge is -1.72. The highest BCUT2D eigenvalue weighted by Crippen LogP contribution is 1.43. The largest absolute Gasteiger partial charge is 0.516 e. The van der Waals surface area contributed by atoms with Crippen molar-refractivity contribution in [3.63, 3.8) is 0 Å². The summed E-state index contributed by atoms with van der Waals surface area (Å²) in [5, 5.41) is 37.0. The van der Waals surface area contributed by atoms with E-state index in [1.807, 2.05) is 0 Å². The average Bonchev–Trinajstić information content (AvgIpc) is 2.26. The van der Waals surface area contributed by atoms with Gasteiger partial charge in [0.25, 0.3) is 23.9 Å². The molecule has 0 fully saturated rings. The van der Waals surface area contributed by atoms with Crippen LogP contribution in [-0.4, -0.2) is 62.5 Å².